The van der Waals surface area contributed by atoms with Gasteiger partial charge in [-0.15, -0.1) is 0 Å². The van der Waals surface area contributed by atoms with Crippen molar-refractivity contribution in [3.05, 3.63) is 52.9 Å². The number of rotatable bonds is 5. The van der Waals surface area contributed by atoms with Gasteiger partial charge in [0.1, 0.15) is 0 Å². The minimum atomic E-state index is -4.42. The molecule has 1 aliphatic heterocycles. The molecule has 146 valence electrons. The van der Waals surface area contributed by atoms with Crippen LogP contribution in [0.5, 0.6) is 0 Å². The van der Waals surface area contributed by atoms with Gasteiger partial charge in [0.25, 0.3) is 5.91 Å². The third-order valence-corrected chi connectivity index (χ3v) is 4.68. The maximum absolute atomic E-state index is 12.8. The number of carbonyl (C=O) groups excluding carboxylic acids is 1. The molecule has 1 amide bonds. The van der Waals surface area contributed by atoms with E-state index in [1.807, 2.05) is 0 Å². The Bertz CT molecular complexity index is 783. The predicted octanol–water partition coefficient (Wildman–Crippen LogP) is 4.17. The Balaban J connectivity index is 1.61. The summed E-state index contributed by atoms with van der Waals surface area (Å²) in [4.78, 5) is 14.6. The van der Waals surface area contributed by atoms with Crippen molar-refractivity contribution >= 4 is 5.91 Å². The zero-order valence-corrected chi connectivity index (χ0v) is 15.1. The van der Waals surface area contributed by atoms with Gasteiger partial charge in [0.2, 0.25) is 0 Å². The van der Waals surface area contributed by atoms with Crippen LogP contribution in [0, 0.1) is 0 Å². The summed E-state index contributed by atoms with van der Waals surface area (Å²) < 4.78 is 43.8. The molecule has 8 heteroatoms. The van der Waals surface area contributed by atoms with Gasteiger partial charge in [-0.3, -0.25) is 9.69 Å². The van der Waals surface area contributed by atoms with Crippen LogP contribution >= 0.6 is 0 Å². The van der Waals surface area contributed by atoms with Crippen LogP contribution in [0.1, 0.15) is 59.6 Å². The van der Waals surface area contributed by atoms with E-state index in [4.69, 9.17) is 4.52 Å². The number of benzene rings is 1. The van der Waals surface area contributed by atoms with E-state index in [0.717, 1.165) is 38.1 Å². The first-order valence-electron chi connectivity index (χ1n) is 8.99. The number of halogens is 3. The first kappa shape index (κ1) is 19.4. The number of likely N-dealkylation sites (tertiary alicyclic amines) is 1. The largest absolute Gasteiger partial charge is 0.416 e. The number of nitrogens with zero attached hydrogens (tertiary/aromatic N) is 2. The average molecular weight is 381 g/mol. The standard InChI is InChI=1S/C19H22F3N3O2/c1-13(14-6-5-7-15(10-14)19(20,21)22)23-18(26)17-11-16(27-24-17)12-25-8-3-2-4-9-25/h5-7,10-11,13H,2-4,8-9,12H2,1H3,(H,23,26)/t13-/m1/s1. The molecule has 0 aliphatic carbocycles. The second kappa shape index (κ2) is 8.12. The summed E-state index contributed by atoms with van der Waals surface area (Å²) in [6.45, 7) is 4.22. The van der Waals surface area contributed by atoms with Crippen molar-refractivity contribution in [2.45, 2.75) is 44.9 Å². The number of amides is 1. The number of piperidine rings is 1. The van der Waals surface area contributed by atoms with Crippen LogP contribution in [0.25, 0.3) is 0 Å². The monoisotopic (exact) mass is 381 g/mol. The fourth-order valence-corrected chi connectivity index (χ4v) is 3.17. The predicted molar refractivity (Wildman–Crippen MR) is 93.0 cm³/mol. The lowest BCUT2D eigenvalue weighted by molar-refractivity contribution is -0.137. The van der Waals surface area contributed by atoms with Crippen LogP contribution < -0.4 is 5.32 Å². The molecule has 1 aromatic heterocycles. The number of hydrogen-bond acceptors (Lipinski definition) is 4. The van der Waals surface area contributed by atoms with Crippen LogP contribution in [0.15, 0.2) is 34.9 Å². The van der Waals surface area contributed by atoms with Gasteiger partial charge in [-0.1, -0.05) is 23.7 Å². The average Bonchev–Trinajstić information content (AvgIpc) is 3.10. The van der Waals surface area contributed by atoms with Crippen LogP contribution in [-0.2, 0) is 12.7 Å². The van der Waals surface area contributed by atoms with E-state index in [-0.39, 0.29) is 5.69 Å². The summed E-state index contributed by atoms with van der Waals surface area (Å²) in [5.41, 5.74) is -0.248. The SMILES string of the molecule is C[C@@H](NC(=O)c1cc(CN2CCCCC2)on1)c1cccc(C(F)(F)F)c1. The fourth-order valence-electron chi connectivity index (χ4n) is 3.17. The third kappa shape index (κ3) is 5.09. The Hall–Kier alpha value is -2.35. The summed E-state index contributed by atoms with van der Waals surface area (Å²) >= 11 is 0. The molecule has 1 fully saturated rings. The van der Waals surface area contributed by atoms with Gasteiger partial charge in [-0.25, -0.2) is 0 Å². The molecule has 1 aromatic carbocycles. The number of carbonyl (C=O) groups is 1. The van der Waals surface area contributed by atoms with Crippen molar-refractivity contribution in [3.8, 4) is 0 Å². The second-order valence-corrected chi connectivity index (χ2v) is 6.83. The highest BCUT2D eigenvalue weighted by Gasteiger charge is 2.31. The van der Waals surface area contributed by atoms with Crippen molar-refractivity contribution in [1.29, 1.82) is 0 Å². The highest BCUT2D eigenvalue weighted by atomic mass is 19.4. The van der Waals surface area contributed by atoms with Crippen molar-refractivity contribution in [1.82, 2.24) is 15.4 Å². The van der Waals surface area contributed by atoms with E-state index in [1.165, 1.54) is 12.5 Å². The number of hydrogen-bond donors (Lipinski definition) is 1. The van der Waals surface area contributed by atoms with Crippen LogP contribution in [-0.4, -0.2) is 29.1 Å². The summed E-state index contributed by atoms with van der Waals surface area (Å²) in [5.74, 6) is 0.127. The van der Waals surface area contributed by atoms with E-state index in [1.54, 1.807) is 19.1 Å². The molecule has 1 aliphatic rings. The quantitative estimate of drug-likeness (QED) is 0.845. The molecular weight excluding hydrogens is 359 g/mol. The molecule has 1 saturated heterocycles. The fraction of sp³-hybridized carbons (Fsp3) is 0.474. The lowest BCUT2D eigenvalue weighted by atomic mass is 10.0. The Morgan fingerprint density at radius 1 is 1.26 bits per heavy atom. The first-order chi connectivity index (χ1) is 12.8. The summed E-state index contributed by atoms with van der Waals surface area (Å²) in [7, 11) is 0. The number of aromatic nitrogens is 1. The highest BCUT2D eigenvalue weighted by molar-refractivity contribution is 5.92. The van der Waals surface area contributed by atoms with Crippen molar-refractivity contribution < 1.29 is 22.5 Å². The van der Waals surface area contributed by atoms with E-state index in [0.29, 0.717) is 17.9 Å². The lowest BCUT2D eigenvalue weighted by Gasteiger charge is -2.24. The van der Waals surface area contributed by atoms with Gasteiger partial charge in [-0.2, -0.15) is 13.2 Å². The van der Waals surface area contributed by atoms with Gasteiger partial charge >= 0.3 is 6.18 Å². The van der Waals surface area contributed by atoms with Crippen molar-refractivity contribution in [3.63, 3.8) is 0 Å². The lowest BCUT2D eigenvalue weighted by Crippen LogP contribution is -2.29. The van der Waals surface area contributed by atoms with Crippen LogP contribution in [0.3, 0.4) is 0 Å². The molecular formula is C19H22F3N3O2. The van der Waals surface area contributed by atoms with E-state index in [2.05, 4.69) is 15.4 Å². The molecule has 0 radical (unpaired) electrons. The molecule has 5 nitrogen and oxygen atoms in total. The molecule has 1 atom stereocenters. The topological polar surface area (TPSA) is 58.4 Å². The Morgan fingerprint density at radius 3 is 2.70 bits per heavy atom. The molecule has 0 bridgehead atoms. The van der Waals surface area contributed by atoms with E-state index < -0.39 is 23.7 Å². The second-order valence-electron chi connectivity index (χ2n) is 6.83. The van der Waals surface area contributed by atoms with Gasteiger partial charge < -0.3 is 9.84 Å². The summed E-state index contributed by atoms with van der Waals surface area (Å²) in [5, 5.41) is 6.46. The van der Waals surface area contributed by atoms with Gasteiger partial charge in [-0.05, 0) is 50.6 Å². The Kier molecular flexibility index (Phi) is 5.84. The molecule has 27 heavy (non-hydrogen) atoms. The molecule has 0 unspecified atom stereocenters. The number of nitrogens with one attached hydrogen (secondary N) is 1. The normalized spacial score (nSPS) is 16.9. The summed E-state index contributed by atoms with van der Waals surface area (Å²) in [6, 6.07) is 5.90. The smallest absolute Gasteiger partial charge is 0.359 e. The van der Waals surface area contributed by atoms with Crippen LogP contribution in [0.4, 0.5) is 13.2 Å². The van der Waals surface area contributed by atoms with Gasteiger partial charge in [0.15, 0.2) is 11.5 Å². The van der Waals surface area contributed by atoms with Gasteiger partial charge in [0, 0.05) is 6.07 Å². The van der Waals surface area contributed by atoms with Crippen molar-refractivity contribution in [2.24, 2.45) is 0 Å². The minimum Gasteiger partial charge on any atom is -0.359 e. The third-order valence-electron chi connectivity index (χ3n) is 4.68. The Labute approximate surface area is 155 Å². The van der Waals surface area contributed by atoms with Crippen molar-refractivity contribution in [2.75, 3.05) is 13.1 Å². The first-order valence-corrected chi connectivity index (χ1v) is 8.99. The zero-order valence-electron chi connectivity index (χ0n) is 15.1. The maximum Gasteiger partial charge on any atom is 0.416 e. The minimum absolute atomic E-state index is 0.126. The molecule has 0 saturated carbocycles. The maximum atomic E-state index is 12.8. The number of alkyl halides is 3. The van der Waals surface area contributed by atoms with Gasteiger partial charge in [0.05, 0.1) is 18.2 Å². The zero-order chi connectivity index (χ0) is 19.4. The van der Waals surface area contributed by atoms with Crippen LogP contribution in [0.2, 0.25) is 0 Å². The Morgan fingerprint density at radius 2 is 2.00 bits per heavy atom. The van der Waals surface area contributed by atoms with E-state index >= 15 is 0 Å². The van der Waals surface area contributed by atoms with E-state index in [9.17, 15) is 18.0 Å². The molecule has 2 heterocycles. The summed E-state index contributed by atoms with van der Waals surface area (Å²) in [6.07, 6.45) is -0.894. The molecule has 2 aromatic rings. The molecule has 3 rings (SSSR count). The highest BCUT2D eigenvalue weighted by Crippen LogP contribution is 2.30. The molecule has 1 N–H and O–H groups in total. The molecule has 0 spiro atoms.